The summed E-state index contributed by atoms with van der Waals surface area (Å²) in [6.07, 6.45) is 0.841. The van der Waals surface area contributed by atoms with Gasteiger partial charge in [-0.1, -0.05) is 23.8 Å². The number of hydrogen-bond donors (Lipinski definition) is 3. The first kappa shape index (κ1) is 16.0. The molecule has 0 aliphatic rings. The van der Waals surface area contributed by atoms with Crippen molar-refractivity contribution in [3.05, 3.63) is 34.9 Å². The van der Waals surface area contributed by atoms with Crippen LogP contribution >= 0.6 is 0 Å². The third-order valence-electron chi connectivity index (χ3n) is 3.13. The number of primary amides is 1. The highest BCUT2D eigenvalue weighted by Gasteiger charge is 2.11. The molecule has 5 nitrogen and oxygen atoms in total. The smallest absolute Gasteiger partial charge is 0.315 e. The van der Waals surface area contributed by atoms with Crippen molar-refractivity contribution >= 4 is 11.9 Å². The molecule has 3 amide bonds. The van der Waals surface area contributed by atoms with Gasteiger partial charge in [0, 0.05) is 13.0 Å². The Hall–Kier alpha value is -2.04. The minimum Gasteiger partial charge on any atom is -0.370 e. The zero-order valence-electron chi connectivity index (χ0n) is 12.3. The molecule has 0 aromatic heterocycles. The standard InChI is InChI=1S/C15H23N3O2/c1-10-6-7-11(2)13(9-10)12(3)18-15(20)17-8-4-5-14(16)19/h6-7,9,12H,4-5,8H2,1-3H3,(H2,16,19)(H2,17,18,20)/t12-/m1/s1. The Labute approximate surface area is 119 Å². The first-order valence-corrected chi connectivity index (χ1v) is 6.80. The summed E-state index contributed by atoms with van der Waals surface area (Å²) in [7, 11) is 0. The van der Waals surface area contributed by atoms with Crippen LogP contribution in [0.3, 0.4) is 0 Å². The number of hydrogen-bond acceptors (Lipinski definition) is 2. The summed E-state index contributed by atoms with van der Waals surface area (Å²) in [6.45, 7) is 6.44. The summed E-state index contributed by atoms with van der Waals surface area (Å²) in [5.74, 6) is -0.351. The summed E-state index contributed by atoms with van der Waals surface area (Å²) >= 11 is 0. The van der Waals surface area contributed by atoms with Crippen LogP contribution in [0.1, 0.15) is 42.5 Å². The number of carbonyl (C=O) groups is 2. The van der Waals surface area contributed by atoms with Gasteiger partial charge >= 0.3 is 6.03 Å². The van der Waals surface area contributed by atoms with Crippen LogP contribution in [0.25, 0.3) is 0 Å². The second kappa shape index (κ2) is 7.53. The van der Waals surface area contributed by atoms with Crippen LogP contribution < -0.4 is 16.4 Å². The van der Waals surface area contributed by atoms with Crippen LogP contribution in [-0.2, 0) is 4.79 Å². The highest BCUT2D eigenvalue weighted by Crippen LogP contribution is 2.18. The molecule has 1 rings (SSSR count). The van der Waals surface area contributed by atoms with E-state index in [0.717, 1.165) is 11.1 Å². The average Bonchev–Trinajstić information content (AvgIpc) is 2.37. The second-order valence-electron chi connectivity index (χ2n) is 5.05. The molecule has 0 spiro atoms. The lowest BCUT2D eigenvalue weighted by molar-refractivity contribution is -0.118. The maximum Gasteiger partial charge on any atom is 0.315 e. The summed E-state index contributed by atoms with van der Waals surface area (Å²) in [5.41, 5.74) is 8.46. The first-order chi connectivity index (χ1) is 9.40. The molecule has 20 heavy (non-hydrogen) atoms. The van der Waals surface area contributed by atoms with E-state index in [4.69, 9.17) is 5.73 Å². The van der Waals surface area contributed by atoms with Crippen LogP contribution in [0.4, 0.5) is 4.79 Å². The molecule has 1 aromatic rings. The van der Waals surface area contributed by atoms with Crippen LogP contribution in [-0.4, -0.2) is 18.5 Å². The Kier molecular flexibility index (Phi) is 6.03. The van der Waals surface area contributed by atoms with Crippen molar-refractivity contribution in [2.24, 2.45) is 5.73 Å². The van der Waals surface area contributed by atoms with E-state index in [1.807, 2.05) is 26.8 Å². The van der Waals surface area contributed by atoms with Gasteiger partial charge in [0.15, 0.2) is 0 Å². The second-order valence-corrected chi connectivity index (χ2v) is 5.05. The van der Waals surface area contributed by atoms with Gasteiger partial charge in [-0.2, -0.15) is 0 Å². The Morgan fingerprint density at radius 2 is 2.00 bits per heavy atom. The number of amides is 3. The largest absolute Gasteiger partial charge is 0.370 e. The number of aryl methyl sites for hydroxylation is 2. The molecular formula is C15H23N3O2. The Bertz CT molecular complexity index is 486. The zero-order valence-corrected chi connectivity index (χ0v) is 12.3. The van der Waals surface area contributed by atoms with Crippen LogP contribution in [0.15, 0.2) is 18.2 Å². The van der Waals surface area contributed by atoms with Crippen molar-refractivity contribution in [2.45, 2.75) is 39.7 Å². The van der Waals surface area contributed by atoms with Crippen molar-refractivity contribution < 1.29 is 9.59 Å². The van der Waals surface area contributed by atoms with E-state index in [0.29, 0.717) is 13.0 Å². The summed E-state index contributed by atoms with van der Waals surface area (Å²) < 4.78 is 0. The fourth-order valence-corrected chi connectivity index (χ4v) is 2.02. The monoisotopic (exact) mass is 277 g/mol. The third kappa shape index (κ3) is 5.30. The predicted octanol–water partition coefficient (Wildman–Crippen LogP) is 1.93. The number of urea groups is 1. The lowest BCUT2D eigenvalue weighted by atomic mass is 10.0. The molecule has 0 unspecified atom stereocenters. The predicted molar refractivity (Wildman–Crippen MR) is 79.3 cm³/mol. The van der Waals surface area contributed by atoms with E-state index in [1.165, 1.54) is 5.56 Å². The number of nitrogens with one attached hydrogen (secondary N) is 2. The molecule has 0 aliphatic heterocycles. The number of carbonyl (C=O) groups excluding carboxylic acids is 2. The Morgan fingerprint density at radius 3 is 2.65 bits per heavy atom. The molecular weight excluding hydrogens is 254 g/mol. The minimum absolute atomic E-state index is 0.0639. The van der Waals surface area contributed by atoms with Gasteiger partial charge in [0.1, 0.15) is 0 Å². The van der Waals surface area contributed by atoms with E-state index in [9.17, 15) is 9.59 Å². The number of nitrogens with two attached hydrogens (primary N) is 1. The zero-order chi connectivity index (χ0) is 15.1. The molecule has 0 saturated heterocycles. The molecule has 4 N–H and O–H groups in total. The molecule has 0 radical (unpaired) electrons. The first-order valence-electron chi connectivity index (χ1n) is 6.80. The van der Waals surface area contributed by atoms with Gasteiger partial charge in [-0.15, -0.1) is 0 Å². The topological polar surface area (TPSA) is 84.2 Å². The van der Waals surface area contributed by atoms with Gasteiger partial charge in [-0.3, -0.25) is 4.79 Å². The fraction of sp³-hybridized carbons (Fsp3) is 0.467. The molecule has 0 saturated carbocycles. The average molecular weight is 277 g/mol. The molecule has 1 atom stereocenters. The molecule has 0 bridgehead atoms. The van der Waals surface area contributed by atoms with Crippen molar-refractivity contribution in [3.8, 4) is 0 Å². The van der Waals surface area contributed by atoms with E-state index >= 15 is 0 Å². The Balaban J connectivity index is 2.45. The fourth-order valence-electron chi connectivity index (χ4n) is 2.02. The van der Waals surface area contributed by atoms with E-state index < -0.39 is 0 Å². The van der Waals surface area contributed by atoms with Gasteiger partial charge < -0.3 is 16.4 Å². The van der Waals surface area contributed by atoms with Crippen molar-refractivity contribution in [3.63, 3.8) is 0 Å². The summed E-state index contributed by atoms with van der Waals surface area (Å²) in [4.78, 5) is 22.3. The highest BCUT2D eigenvalue weighted by atomic mass is 16.2. The summed E-state index contributed by atoms with van der Waals surface area (Å²) in [5, 5.41) is 5.60. The van der Waals surface area contributed by atoms with Crippen LogP contribution in [0.2, 0.25) is 0 Å². The lowest BCUT2D eigenvalue weighted by Gasteiger charge is -2.17. The van der Waals surface area contributed by atoms with Crippen LogP contribution in [0.5, 0.6) is 0 Å². The van der Waals surface area contributed by atoms with Crippen molar-refractivity contribution in [1.29, 1.82) is 0 Å². The third-order valence-corrected chi connectivity index (χ3v) is 3.13. The van der Waals surface area contributed by atoms with E-state index in [2.05, 4.69) is 22.8 Å². The van der Waals surface area contributed by atoms with Gasteiger partial charge in [-0.25, -0.2) is 4.79 Å². The SMILES string of the molecule is Cc1ccc(C)c([C@@H](C)NC(=O)NCCCC(N)=O)c1. The normalized spacial score (nSPS) is 11.8. The highest BCUT2D eigenvalue weighted by molar-refractivity contribution is 5.75. The number of benzene rings is 1. The van der Waals surface area contributed by atoms with Gasteiger partial charge in [0.25, 0.3) is 0 Å². The van der Waals surface area contributed by atoms with E-state index in [1.54, 1.807) is 0 Å². The minimum atomic E-state index is -0.351. The molecule has 1 aromatic carbocycles. The van der Waals surface area contributed by atoms with Gasteiger partial charge in [-0.05, 0) is 38.3 Å². The molecule has 0 heterocycles. The molecule has 5 heteroatoms. The maximum atomic E-state index is 11.7. The molecule has 110 valence electrons. The van der Waals surface area contributed by atoms with Gasteiger partial charge in [0.2, 0.25) is 5.91 Å². The van der Waals surface area contributed by atoms with Crippen LogP contribution in [0, 0.1) is 13.8 Å². The van der Waals surface area contributed by atoms with Gasteiger partial charge in [0.05, 0.1) is 6.04 Å². The maximum absolute atomic E-state index is 11.7. The summed E-state index contributed by atoms with van der Waals surface area (Å²) in [6, 6.07) is 5.88. The van der Waals surface area contributed by atoms with E-state index in [-0.39, 0.29) is 24.4 Å². The van der Waals surface area contributed by atoms with Crippen molar-refractivity contribution in [2.75, 3.05) is 6.54 Å². The quantitative estimate of drug-likeness (QED) is 0.694. The number of rotatable bonds is 6. The lowest BCUT2D eigenvalue weighted by Crippen LogP contribution is -2.37. The van der Waals surface area contributed by atoms with Crippen molar-refractivity contribution in [1.82, 2.24) is 10.6 Å². The Morgan fingerprint density at radius 1 is 1.30 bits per heavy atom. The molecule has 0 fully saturated rings. The molecule has 0 aliphatic carbocycles.